The second-order valence-electron chi connectivity index (χ2n) is 3.83. The molecule has 1 rings (SSSR count). The zero-order valence-corrected chi connectivity index (χ0v) is 9.77. The maximum absolute atomic E-state index is 11.8. The molecule has 1 aromatic heterocycles. The van der Waals surface area contributed by atoms with Gasteiger partial charge in [-0.3, -0.25) is 4.79 Å². The standard InChI is InChI=1S/C11H18N2O3/c1-9-8-10(12-16-9)11(15)13(2)6-4-3-5-7-14/h8,14H,3-7H2,1-2H3. The normalized spacial score (nSPS) is 10.4. The Kier molecular flexibility index (Phi) is 4.98. The summed E-state index contributed by atoms with van der Waals surface area (Å²) < 4.78 is 4.85. The molecular formula is C11H18N2O3. The molecule has 0 atom stereocenters. The van der Waals surface area contributed by atoms with Crippen molar-refractivity contribution in [2.24, 2.45) is 0 Å². The van der Waals surface area contributed by atoms with Gasteiger partial charge in [0.05, 0.1) is 0 Å². The smallest absolute Gasteiger partial charge is 0.275 e. The summed E-state index contributed by atoms with van der Waals surface area (Å²) in [4.78, 5) is 13.4. The first-order chi connectivity index (χ1) is 7.65. The van der Waals surface area contributed by atoms with E-state index in [1.807, 2.05) is 0 Å². The molecule has 1 N–H and O–H groups in total. The van der Waals surface area contributed by atoms with Crippen LogP contribution in [-0.2, 0) is 0 Å². The van der Waals surface area contributed by atoms with Crippen molar-refractivity contribution in [1.29, 1.82) is 0 Å². The van der Waals surface area contributed by atoms with Gasteiger partial charge in [-0.2, -0.15) is 0 Å². The lowest BCUT2D eigenvalue weighted by atomic mass is 10.2. The number of aliphatic hydroxyl groups is 1. The summed E-state index contributed by atoms with van der Waals surface area (Å²) in [5.41, 5.74) is 0.349. The molecule has 0 fully saturated rings. The molecule has 0 spiro atoms. The Labute approximate surface area is 95.0 Å². The van der Waals surface area contributed by atoms with E-state index in [1.165, 1.54) is 0 Å². The Bertz CT molecular complexity index is 336. The van der Waals surface area contributed by atoms with Gasteiger partial charge in [0.15, 0.2) is 5.69 Å². The number of rotatable bonds is 6. The minimum absolute atomic E-state index is 0.124. The van der Waals surface area contributed by atoms with E-state index in [0.717, 1.165) is 19.3 Å². The fraction of sp³-hybridized carbons (Fsp3) is 0.636. The second-order valence-corrected chi connectivity index (χ2v) is 3.83. The molecule has 0 aromatic carbocycles. The number of aromatic nitrogens is 1. The van der Waals surface area contributed by atoms with Crippen LogP contribution in [0.2, 0.25) is 0 Å². The lowest BCUT2D eigenvalue weighted by Gasteiger charge is -2.14. The molecule has 90 valence electrons. The summed E-state index contributed by atoms with van der Waals surface area (Å²) in [5, 5.41) is 12.3. The molecule has 0 aliphatic rings. The minimum atomic E-state index is -0.124. The van der Waals surface area contributed by atoms with Crippen LogP contribution in [-0.4, -0.2) is 41.3 Å². The molecule has 0 radical (unpaired) electrons. The summed E-state index contributed by atoms with van der Waals surface area (Å²) in [7, 11) is 1.74. The molecule has 0 saturated carbocycles. The van der Waals surface area contributed by atoms with Crippen molar-refractivity contribution in [3.8, 4) is 0 Å². The fourth-order valence-electron chi connectivity index (χ4n) is 1.40. The number of aliphatic hydroxyl groups excluding tert-OH is 1. The molecule has 0 unspecified atom stereocenters. The monoisotopic (exact) mass is 226 g/mol. The Morgan fingerprint density at radius 2 is 2.25 bits per heavy atom. The van der Waals surface area contributed by atoms with E-state index in [4.69, 9.17) is 9.63 Å². The van der Waals surface area contributed by atoms with E-state index in [-0.39, 0.29) is 12.5 Å². The summed E-state index contributed by atoms with van der Waals surface area (Å²) in [6.07, 6.45) is 2.59. The molecule has 0 aliphatic carbocycles. The van der Waals surface area contributed by atoms with Crippen LogP contribution in [0.4, 0.5) is 0 Å². The van der Waals surface area contributed by atoms with Crippen molar-refractivity contribution in [2.75, 3.05) is 20.2 Å². The topological polar surface area (TPSA) is 66.6 Å². The second kappa shape index (κ2) is 6.27. The Morgan fingerprint density at radius 1 is 1.50 bits per heavy atom. The predicted octanol–water partition coefficient (Wildman–Crippen LogP) is 1.22. The van der Waals surface area contributed by atoms with Crippen LogP contribution >= 0.6 is 0 Å². The van der Waals surface area contributed by atoms with Crippen LogP contribution in [0.25, 0.3) is 0 Å². The van der Waals surface area contributed by atoms with Gasteiger partial charge in [-0.1, -0.05) is 5.16 Å². The number of hydrogen-bond acceptors (Lipinski definition) is 4. The van der Waals surface area contributed by atoms with E-state index in [1.54, 1.807) is 24.9 Å². The largest absolute Gasteiger partial charge is 0.396 e. The van der Waals surface area contributed by atoms with E-state index >= 15 is 0 Å². The molecule has 1 amide bonds. The molecule has 16 heavy (non-hydrogen) atoms. The number of unbranched alkanes of at least 4 members (excludes halogenated alkanes) is 2. The number of carbonyl (C=O) groups excluding carboxylic acids is 1. The summed E-state index contributed by atoms with van der Waals surface area (Å²) in [6, 6.07) is 1.63. The third kappa shape index (κ3) is 3.66. The van der Waals surface area contributed by atoms with Crippen molar-refractivity contribution in [3.63, 3.8) is 0 Å². The first-order valence-electron chi connectivity index (χ1n) is 5.45. The van der Waals surface area contributed by atoms with Gasteiger partial charge in [-0.05, 0) is 26.2 Å². The van der Waals surface area contributed by atoms with E-state index < -0.39 is 0 Å². The highest BCUT2D eigenvalue weighted by Crippen LogP contribution is 2.06. The number of carbonyl (C=O) groups is 1. The zero-order valence-electron chi connectivity index (χ0n) is 9.77. The quantitative estimate of drug-likeness (QED) is 0.740. The van der Waals surface area contributed by atoms with Crippen molar-refractivity contribution in [1.82, 2.24) is 10.1 Å². The van der Waals surface area contributed by atoms with Crippen LogP contribution in [0, 0.1) is 6.92 Å². The lowest BCUT2D eigenvalue weighted by Crippen LogP contribution is -2.28. The lowest BCUT2D eigenvalue weighted by molar-refractivity contribution is 0.0782. The van der Waals surface area contributed by atoms with Crippen molar-refractivity contribution in [2.45, 2.75) is 26.2 Å². The van der Waals surface area contributed by atoms with Crippen LogP contribution < -0.4 is 0 Å². The molecule has 1 aromatic rings. The van der Waals surface area contributed by atoms with E-state index in [2.05, 4.69) is 5.16 Å². The van der Waals surface area contributed by atoms with Crippen LogP contribution in [0.5, 0.6) is 0 Å². The van der Waals surface area contributed by atoms with Gasteiger partial charge in [0, 0.05) is 26.3 Å². The van der Waals surface area contributed by atoms with E-state index in [9.17, 15) is 4.79 Å². The van der Waals surface area contributed by atoms with Crippen LogP contribution in [0.3, 0.4) is 0 Å². The maximum Gasteiger partial charge on any atom is 0.275 e. The minimum Gasteiger partial charge on any atom is -0.396 e. The summed E-state index contributed by atoms with van der Waals surface area (Å²) >= 11 is 0. The molecule has 0 bridgehead atoms. The summed E-state index contributed by atoms with van der Waals surface area (Å²) in [5.74, 6) is 0.512. The van der Waals surface area contributed by atoms with Crippen molar-refractivity contribution in [3.05, 3.63) is 17.5 Å². The van der Waals surface area contributed by atoms with Gasteiger partial charge >= 0.3 is 0 Å². The molecular weight excluding hydrogens is 208 g/mol. The molecule has 1 heterocycles. The average molecular weight is 226 g/mol. The van der Waals surface area contributed by atoms with Crippen LogP contribution in [0.15, 0.2) is 10.6 Å². The highest BCUT2D eigenvalue weighted by atomic mass is 16.5. The summed E-state index contributed by atoms with van der Waals surface area (Å²) in [6.45, 7) is 2.63. The van der Waals surface area contributed by atoms with Gasteiger partial charge in [-0.15, -0.1) is 0 Å². The SMILES string of the molecule is Cc1cc(C(=O)N(C)CCCCCO)no1. The van der Waals surface area contributed by atoms with Crippen molar-refractivity contribution < 1.29 is 14.4 Å². The highest BCUT2D eigenvalue weighted by Gasteiger charge is 2.15. The zero-order chi connectivity index (χ0) is 12.0. The third-order valence-corrected chi connectivity index (χ3v) is 2.35. The van der Waals surface area contributed by atoms with E-state index in [0.29, 0.717) is 18.0 Å². The Morgan fingerprint density at radius 3 is 2.81 bits per heavy atom. The molecule has 0 saturated heterocycles. The Hall–Kier alpha value is -1.36. The average Bonchev–Trinajstić information content (AvgIpc) is 2.70. The number of amides is 1. The predicted molar refractivity (Wildman–Crippen MR) is 59.1 cm³/mol. The highest BCUT2D eigenvalue weighted by molar-refractivity contribution is 5.92. The van der Waals surface area contributed by atoms with Gasteiger partial charge in [-0.25, -0.2) is 0 Å². The first kappa shape index (κ1) is 12.7. The number of hydrogen-bond donors (Lipinski definition) is 1. The fourth-order valence-corrected chi connectivity index (χ4v) is 1.40. The third-order valence-electron chi connectivity index (χ3n) is 2.35. The van der Waals surface area contributed by atoms with Gasteiger partial charge in [0.1, 0.15) is 5.76 Å². The Balaban J connectivity index is 2.36. The molecule has 5 nitrogen and oxygen atoms in total. The number of aryl methyl sites for hydroxylation is 1. The van der Waals surface area contributed by atoms with Crippen molar-refractivity contribution >= 4 is 5.91 Å². The molecule has 0 aliphatic heterocycles. The maximum atomic E-state index is 11.8. The molecule has 5 heteroatoms. The van der Waals surface area contributed by atoms with Gasteiger partial charge in [0.25, 0.3) is 5.91 Å². The first-order valence-corrected chi connectivity index (χ1v) is 5.45. The van der Waals surface area contributed by atoms with Gasteiger partial charge < -0.3 is 14.5 Å². The number of nitrogens with zero attached hydrogens (tertiary/aromatic N) is 2. The van der Waals surface area contributed by atoms with Crippen LogP contribution in [0.1, 0.15) is 35.5 Å². The van der Waals surface area contributed by atoms with Gasteiger partial charge in [0.2, 0.25) is 0 Å².